The zero-order valence-corrected chi connectivity index (χ0v) is 8.61. The lowest BCUT2D eigenvalue weighted by atomic mass is 10.2. The number of aromatic nitrogens is 2. The Bertz CT molecular complexity index is 333. The summed E-state index contributed by atoms with van der Waals surface area (Å²) in [7, 11) is 1.82. The fourth-order valence-corrected chi connectivity index (χ4v) is 1.21. The van der Waals surface area contributed by atoms with Crippen LogP contribution in [0.4, 0.5) is 5.69 Å². The summed E-state index contributed by atoms with van der Waals surface area (Å²) in [5.41, 5.74) is 1.69. The third-order valence-electron chi connectivity index (χ3n) is 1.98. The van der Waals surface area contributed by atoms with Gasteiger partial charge in [-0.05, 0) is 13.3 Å². The first-order chi connectivity index (χ1) is 6.54. The van der Waals surface area contributed by atoms with Crippen molar-refractivity contribution >= 4 is 11.7 Å². The van der Waals surface area contributed by atoms with E-state index in [9.17, 15) is 4.79 Å². The van der Waals surface area contributed by atoms with Crippen LogP contribution in [0.5, 0.6) is 0 Å². The normalized spacial score (nSPS) is 12.5. The van der Waals surface area contributed by atoms with Crippen molar-refractivity contribution in [2.45, 2.75) is 26.3 Å². The molecule has 0 bridgehead atoms. The van der Waals surface area contributed by atoms with E-state index in [0.717, 1.165) is 17.8 Å². The van der Waals surface area contributed by atoms with Crippen LogP contribution in [-0.4, -0.2) is 26.9 Å². The SMILES string of the molecule is CCc1nn(C)cc1NC(C)C(=O)O. The summed E-state index contributed by atoms with van der Waals surface area (Å²) in [5.74, 6) is -0.865. The van der Waals surface area contributed by atoms with Gasteiger partial charge in [0.15, 0.2) is 0 Å². The highest BCUT2D eigenvalue weighted by molar-refractivity contribution is 5.76. The molecule has 1 aromatic rings. The van der Waals surface area contributed by atoms with Crippen LogP contribution in [0.15, 0.2) is 6.20 Å². The number of aliphatic carboxylic acids is 1. The van der Waals surface area contributed by atoms with Gasteiger partial charge in [0.2, 0.25) is 0 Å². The van der Waals surface area contributed by atoms with Crippen LogP contribution >= 0.6 is 0 Å². The number of carboxylic acids is 1. The van der Waals surface area contributed by atoms with Crippen LogP contribution in [0.2, 0.25) is 0 Å². The Labute approximate surface area is 82.7 Å². The number of hydrogen-bond acceptors (Lipinski definition) is 3. The topological polar surface area (TPSA) is 67.2 Å². The Balaban J connectivity index is 2.79. The number of carbonyl (C=O) groups is 1. The van der Waals surface area contributed by atoms with Crippen molar-refractivity contribution in [1.29, 1.82) is 0 Å². The summed E-state index contributed by atoms with van der Waals surface area (Å²) in [6.07, 6.45) is 2.58. The highest BCUT2D eigenvalue weighted by Crippen LogP contribution is 2.14. The van der Waals surface area contributed by atoms with E-state index in [0.29, 0.717) is 0 Å². The van der Waals surface area contributed by atoms with Gasteiger partial charge in [0.25, 0.3) is 0 Å². The van der Waals surface area contributed by atoms with Gasteiger partial charge in [-0.1, -0.05) is 6.92 Å². The van der Waals surface area contributed by atoms with Gasteiger partial charge in [0, 0.05) is 13.2 Å². The summed E-state index contributed by atoms with van der Waals surface area (Å²) in [6, 6.07) is -0.593. The molecule has 78 valence electrons. The molecule has 0 saturated heterocycles. The smallest absolute Gasteiger partial charge is 0.325 e. The minimum absolute atomic E-state index is 0.593. The van der Waals surface area contributed by atoms with Crippen molar-refractivity contribution in [1.82, 2.24) is 9.78 Å². The second kappa shape index (κ2) is 4.13. The van der Waals surface area contributed by atoms with E-state index in [2.05, 4.69) is 10.4 Å². The molecule has 1 heterocycles. The van der Waals surface area contributed by atoms with Crippen LogP contribution in [0.25, 0.3) is 0 Å². The maximum absolute atomic E-state index is 10.6. The molecule has 0 aromatic carbocycles. The van der Waals surface area contributed by atoms with Gasteiger partial charge in [-0.25, -0.2) is 0 Å². The van der Waals surface area contributed by atoms with Crippen molar-refractivity contribution in [3.05, 3.63) is 11.9 Å². The molecule has 1 rings (SSSR count). The molecule has 0 saturated carbocycles. The molecule has 1 atom stereocenters. The molecule has 0 aliphatic rings. The van der Waals surface area contributed by atoms with E-state index in [4.69, 9.17) is 5.11 Å². The minimum Gasteiger partial charge on any atom is -0.480 e. The Morgan fingerprint density at radius 2 is 2.43 bits per heavy atom. The van der Waals surface area contributed by atoms with Crippen LogP contribution in [0, 0.1) is 0 Å². The number of nitrogens with zero attached hydrogens (tertiary/aromatic N) is 2. The molecule has 0 aliphatic carbocycles. The molecule has 1 aromatic heterocycles. The van der Waals surface area contributed by atoms with Crippen LogP contribution in [-0.2, 0) is 18.3 Å². The largest absolute Gasteiger partial charge is 0.480 e. The van der Waals surface area contributed by atoms with E-state index in [1.165, 1.54) is 0 Å². The highest BCUT2D eigenvalue weighted by Gasteiger charge is 2.13. The first-order valence-corrected chi connectivity index (χ1v) is 4.56. The number of carboxylic acid groups (broad SMARTS) is 1. The van der Waals surface area contributed by atoms with E-state index >= 15 is 0 Å². The molecule has 2 N–H and O–H groups in total. The lowest BCUT2D eigenvalue weighted by molar-refractivity contribution is -0.137. The zero-order valence-electron chi connectivity index (χ0n) is 8.61. The lowest BCUT2D eigenvalue weighted by Crippen LogP contribution is -2.25. The maximum Gasteiger partial charge on any atom is 0.325 e. The minimum atomic E-state index is -0.865. The molecule has 0 spiro atoms. The average Bonchev–Trinajstić information content (AvgIpc) is 2.45. The third-order valence-corrected chi connectivity index (χ3v) is 1.98. The molecule has 14 heavy (non-hydrogen) atoms. The molecule has 5 nitrogen and oxygen atoms in total. The van der Waals surface area contributed by atoms with Crippen molar-refractivity contribution in [3.63, 3.8) is 0 Å². The molecule has 1 unspecified atom stereocenters. The van der Waals surface area contributed by atoms with Gasteiger partial charge in [0.1, 0.15) is 6.04 Å². The standard InChI is InChI=1S/C9H15N3O2/c1-4-7-8(5-12(3)11-7)10-6(2)9(13)14/h5-6,10H,4H2,1-3H3,(H,13,14). The molecule has 0 aliphatic heterocycles. The molecule has 0 amide bonds. The zero-order chi connectivity index (χ0) is 10.7. The van der Waals surface area contributed by atoms with Crippen molar-refractivity contribution in [2.24, 2.45) is 7.05 Å². The van der Waals surface area contributed by atoms with Gasteiger partial charge in [-0.2, -0.15) is 5.10 Å². The number of nitrogens with one attached hydrogen (secondary N) is 1. The first kappa shape index (κ1) is 10.6. The van der Waals surface area contributed by atoms with E-state index in [1.54, 1.807) is 17.8 Å². The number of hydrogen-bond donors (Lipinski definition) is 2. The second-order valence-electron chi connectivity index (χ2n) is 3.22. The third kappa shape index (κ3) is 2.25. The summed E-state index contributed by atoms with van der Waals surface area (Å²) >= 11 is 0. The summed E-state index contributed by atoms with van der Waals surface area (Å²) in [4.78, 5) is 10.6. The first-order valence-electron chi connectivity index (χ1n) is 4.56. The van der Waals surface area contributed by atoms with Crippen molar-refractivity contribution in [2.75, 3.05) is 5.32 Å². The number of anilines is 1. The fourth-order valence-electron chi connectivity index (χ4n) is 1.21. The summed E-state index contributed by atoms with van der Waals surface area (Å²) < 4.78 is 1.68. The molecule has 5 heteroatoms. The monoisotopic (exact) mass is 197 g/mol. The van der Waals surface area contributed by atoms with Crippen molar-refractivity contribution in [3.8, 4) is 0 Å². The van der Waals surface area contributed by atoms with E-state index < -0.39 is 12.0 Å². The predicted molar refractivity (Wildman–Crippen MR) is 53.3 cm³/mol. The summed E-state index contributed by atoms with van der Waals surface area (Å²) in [5, 5.41) is 15.8. The fraction of sp³-hybridized carbons (Fsp3) is 0.556. The van der Waals surface area contributed by atoms with Crippen LogP contribution < -0.4 is 5.32 Å². The Hall–Kier alpha value is -1.52. The average molecular weight is 197 g/mol. The molecule has 0 radical (unpaired) electrons. The van der Waals surface area contributed by atoms with Gasteiger partial charge in [-0.3, -0.25) is 9.48 Å². The van der Waals surface area contributed by atoms with Gasteiger partial charge >= 0.3 is 5.97 Å². The van der Waals surface area contributed by atoms with Gasteiger partial charge < -0.3 is 10.4 Å². The number of aryl methyl sites for hydroxylation is 2. The second-order valence-corrected chi connectivity index (χ2v) is 3.22. The number of rotatable bonds is 4. The molecule has 0 fully saturated rings. The maximum atomic E-state index is 10.6. The van der Waals surface area contributed by atoms with Crippen LogP contribution in [0.1, 0.15) is 19.5 Å². The van der Waals surface area contributed by atoms with E-state index in [1.807, 2.05) is 14.0 Å². The van der Waals surface area contributed by atoms with Crippen LogP contribution in [0.3, 0.4) is 0 Å². The van der Waals surface area contributed by atoms with Gasteiger partial charge in [0.05, 0.1) is 11.4 Å². The Morgan fingerprint density at radius 1 is 1.79 bits per heavy atom. The quantitative estimate of drug-likeness (QED) is 0.751. The molecular weight excluding hydrogens is 182 g/mol. The van der Waals surface area contributed by atoms with Crippen molar-refractivity contribution < 1.29 is 9.90 Å². The Morgan fingerprint density at radius 3 is 2.93 bits per heavy atom. The Kier molecular flexibility index (Phi) is 3.11. The highest BCUT2D eigenvalue weighted by atomic mass is 16.4. The molecular formula is C9H15N3O2. The lowest BCUT2D eigenvalue weighted by Gasteiger charge is -2.09. The predicted octanol–water partition coefficient (Wildman–Crippen LogP) is 0.867. The van der Waals surface area contributed by atoms with E-state index in [-0.39, 0.29) is 0 Å². The van der Waals surface area contributed by atoms with Gasteiger partial charge in [-0.15, -0.1) is 0 Å². The summed E-state index contributed by atoms with van der Waals surface area (Å²) in [6.45, 7) is 3.59.